The molecule has 0 aromatic carbocycles. The molecule has 10 heteroatoms. The minimum Gasteiger partial charge on any atom is -0.375 e. The molecule has 1 unspecified atom stereocenters. The van der Waals surface area contributed by atoms with E-state index in [9.17, 15) is 21.6 Å². The van der Waals surface area contributed by atoms with Crippen molar-refractivity contribution in [3.8, 4) is 0 Å². The average molecular weight is 339 g/mol. The first-order valence-corrected chi connectivity index (χ1v) is 8.30. The number of rotatable bonds is 4. The number of hydrogen-bond acceptors (Lipinski definition) is 6. The monoisotopic (exact) mass is 339 g/mol. The number of aryl methyl sites for hydroxylation is 1. The largest absolute Gasteiger partial charge is 0.433 e. The lowest BCUT2D eigenvalue weighted by atomic mass is 10.0. The topological polar surface area (TPSA) is 81.2 Å². The Labute approximate surface area is 126 Å². The normalized spacial score (nSPS) is 24.4. The Bertz CT molecular complexity index is 663. The van der Waals surface area contributed by atoms with Crippen LogP contribution in [-0.4, -0.2) is 49.1 Å². The molecule has 1 aliphatic heterocycles. The molecular formula is C12H16F3N3O3S. The first-order chi connectivity index (χ1) is 10.1. The lowest BCUT2D eigenvalue weighted by Crippen LogP contribution is -2.40. The quantitative estimate of drug-likeness (QED) is 0.893. The standard InChI is InChI=1S/C12H16F3N3O3S/c1-8-5-9(12(13,14)15)18-10(17-8)16-6-11(21-2)3-4-22(19,20)7-11/h5H,3-4,6-7H2,1-2H3,(H,16,17,18). The second-order valence-electron chi connectivity index (χ2n) is 5.30. The van der Waals surface area contributed by atoms with Crippen LogP contribution >= 0.6 is 0 Å². The number of ether oxygens (including phenoxy) is 1. The molecular weight excluding hydrogens is 323 g/mol. The van der Waals surface area contributed by atoms with Gasteiger partial charge in [-0.15, -0.1) is 0 Å². The van der Waals surface area contributed by atoms with Crippen molar-refractivity contribution in [2.75, 3.05) is 30.5 Å². The maximum atomic E-state index is 12.7. The molecule has 1 aromatic rings. The van der Waals surface area contributed by atoms with Gasteiger partial charge in [0.2, 0.25) is 5.95 Å². The average Bonchev–Trinajstić information content (AvgIpc) is 2.71. The van der Waals surface area contributed by atoms with Crippen molar-refractivity contribution in [2.45, 2.75) is 25.1 Å². The number of nitrogens with one attached hydrogen (secondary N) is 1. The summed E-state index contributed by atoms with van der Waals surface area (Å²) in [5.41, 5.74) is -1.85. The number of sulfone groups is 1. The fourth-order valence-corrected chi connectivity index (χ4v) is 4.29. The van der Waals surface area contributed by atoms with Crippen LogP contribution in [0.1, 0.15) is 17.8 Å². The lowest BCUT2D eigenvalue weighted by molar-refractivity contribution is -0.141. The van der Waals surface area contributed by atoms with Crippen molar-refractivity contribution in [1.82, 2.24) is 9.97 Å². The Hall–Kier alpha value is -1.42. The summed E-state index contributed by atoms with van der Waals surface area (Å²) in [6.07, 6.45) is -4.30. The van der Waals surface area contributed by atoms with E-state index in [2.05, 4.69) is 15.3 Å². The summed E-state index contributed by atoms with van der Waals surface area (Å²) in [7, 11) is -1.82. The van der Waals surface area contributed by atoms with Gasteiger partial charge in [0.25, 0.3) is 0 Å². The van der Waals surface area contributed by atoms with Gasteiger partial charge in [0, 0.05) is 19.3 Å². The van der Waals surface area contributed by atoms with Gasteiger partial charge in [-0.25, -0.2) is 18.4 Å². The minimum absolute atomic E-state index is 0.00893. The molecule has 0 amide bonds. The van der Waals surface area contributed by atoms with Crippen LogP contribution in [0.25, 0.3) is 0 Å². The van der Waals surface area contributed by atoms with Gasteiger partial charge in [0.15, 0.2) is 9.84 Å². The highest BCUT2D eigenvalue weighted by Gasteiger charge is 2.42. The van der Waals surface area contributed by atoms with Crippen LogP contribution < -0.4 is 5.32 Å². The van der Waals surface area contributed by atoms with E-state index in [4.69, 9.17) is 4.74 Å². The smallest absolute Gasteiger partial charge is 0.375 e. The molecule has 1 N–H and O–H groups in total. The number of nitrogens with zero attached hydrogens (tertiary/aromatic N) is 2. The van der Waals surface area contributed by atoms with E-state index in [-0.39, 0.29) is 36.1 Å². The Morgan fingerprint density at radius 2 is 2.09 bits per heavy atom. The third-order valence-electron chi connectivity index (χ3n) is 3.50. The zero-order chi connectivity index (χ0) is 16.6. The Kier molecular flexibility index (Phi) is 4.35. The van der Waals surface area contributed by atoms with Gasteiger partial charge in [0.05, 0.1) is 17.1 Å². The van der Waals surface area contributed by atoms with Gasteiger partial charge in [-0.1, -0.05) is 0 Å². The summed E-state index contributed by atoms with van der Waals surface area (Å²) < 4.78 is 66.5. The van der Waals surface area contributed by atoms with E-state index in [1.165, 1.54) is 14.0 Å². The van der Waals surface area contributed by atoms with E-state index in [1.54, 1.807) is 0 Å². The molecule has 1 aliphatic rings. The maximum Gasteiger partial charge on any atom is 0.433 e. The zero-order valence-corrected chi connectivity index (χ0v) is 12.9. The van der Waals surface area contributed by atoms with E-state index >= 15 is 0 Å². The van der Waals surface area contributed by atoms with Gasteiger partial charge in [0.1, 0.15) is 5.69 Å². The van der Waals surface area contributed by atoms with Gasteiger partial charge in [-0.2, -0.15) is 13.2 Å². The summed E-state index contributed by atoms with van der Waals surface area (Å²) in [6.45, 7) is 1.44. The molecule has 0 radical (unpaired) electrons. The first-order valence-electron chi connectivity index (χ1n) is 6.48. The number of aromatic nitrogens is 2. The van der Waals surface area contributed by atoms with Crippen molar-refractivity contribution in [1.29, 1.82) is 0 Å². The van der Waals surface area contributed by atoms with Crippen molar-refractivity contribution < 1.29 is 26.3 Å². The van der Waals surface area contributed by atoms with E-state index in [0.717, 1.165) is 6.07 Å². The summed E-state index contributed by atoms with van der Waals surface area (Å²) in [5, 5.41) is 2.66. The van der Waals surface area contributed by atoms with Crippen molar-refractivity contribution >= 4 is 15.8 Å². The molecule has 0 bridgehead atoms. The Balaban J connectivity index is 2.16. The SMILES string of the molecule is COC1(CNc2nc(C)cc(C(F)(F)F)n2)CCS(=O)(=O)C1. The number of anilines is 1. The molecule has 1 saturated heterocycles. The van der Waals surface area contributed by atoms with E-state index in [1.807, 2.05) is 0 Å². The molecule has 0 spiro atoms. The molecule has 0 saturated carbocycles. The number of alkyl halides is 3. The molecule has 1 atom stereocenters. The third-order valence-corrected chi connectivity index (χ3v) is 5.29. The third kappa shape index (κ3) is 3.86. The molecule has 0 aliphatic carbocycles. The molecule has 1 fully saturated rings. The van der Waals surface area contributed by atoms with E-state index in [0.29, 0.717) is 0 Å². The minimum atomic E-state index is -4.57. The molecule has 6 nitrogen and oxygen atoms in total. The maximum absolute atomic E-state index is 12.7. The highest BCUT2D eigenvalue weighted by Crippen LogP contribution is 2.29. The van der Waals surface area contributed by atoms with Gasteiger partial charge >= 0.3 is 6.18 Å². The molecule has 1 aromatic heterocycles. The second-order valence-corrected chi connectivity index (χ2v) is 7.48. The second kappa shape index (κ2) is 5.65. The van der Waals surface area contributed by atoms with Gasteiger partial charge in [-0.3, -0.25) is 0 Å². The molecule has 124 valence electrons. The summed E-state index contributed by atoms with van der Waals surface area (Å²) in [6, 6.07) is 0.845. The molecule has 22 heavy (non-hydrogen) atoms. The predicted octanol–water partition coefficient (Wildman–Crippen LogP) is 1.42. The van der Waals surface area contributed by atoms with Crippen molar-refractivity contribution in [3.05, 3.63) is 17.5 Å². The summed E-state index contributed by atoms with van der Waals surface area (Å²) >= 11 is 0. The first kappa shape index (κ1) is 16.9. The van der Waals surface area contributed by atoms with Crippen molar-refractivity contribution in [2.24, 2.45) is 0 Å². The fourth-order valence-electron chi connectivity index (χ4n) is 2.29. The van der Waals surface area contributed by atoms with Crippen LogP contribution in [0.2, 0.25) is 0 Å². The fraction of sp³-hybridized carbons (Fsp3) is 0.667. The van der Waals surface area contributed by atoms with Crippen LogP contribution in [0.4, 0.5) is 19.1 Å². The number of halogens is 3. The highest BCUT2D eigenvalue weighted by atomic mass is 32.2. The Morgan fingerprint density at radius 3 is 2.59 bits per heavy atom. The van der Waals surface area contributed by atoms with E-state index < -0.39 is 27.3 Å². The van der Waals surface area contributed by atoms with Crippen LogP contribution in [0.3, 0.4) is 0 Å². The zero-order valence-electron chi connectivity index (χ0n) is 12.1. The van der Waals surface area contributed by atoms with Gasteiger partial charge in [-0.05, 0) is 19.4 Å². The van der Waals surface area contributed by atoms with Crippen LogP contribution in [0.15, 0.2) is 6.07 Å². The number of hydrogen-bond donors (Lipinski definition) is 1. The summed E-state index contributed by atoms with van der Waals surface area (Å²) in [4.78, 5) is 7.30. The van der Waals surface area contributed by atoms with Crippen LogP contribution in [-0.2, 0) is 20.8 Å². The van der Waals surface area contributed by atoms with Crippen LogP contribution in [0.5, 0.6) is 0 Å². The van der Waals surface area contributed by atoms with Crippen LogP contribution in [0, 0.1) is 6.92 Å². The predicted molar refractivity (Wildman–Crippen MR) is 73.3 cm³/mol. The molecule has 2 heterocycles. The molecule has 2 rings (SSSR count). The van der Waals surface area contributed by atoms with Gasteiger partial charge < -0.3 is 10.1 Å². The Morgan fingerprint density at radius 1 is 1.41 bits per heavy atom. The van der Waals surface area contributed by atoms with Crippen molar-refractivity contribution in [3.63, 3.8) is 0 Å². The number of methoxy groups -OCH3 is 1. The highest BCUT2D eigenvalue weighted by molar-refractivity contribution is 7.91. The lowest BCUT2D eigenvalue weighted by Gasteiger charge is -2.26. The summed E-state index contributed by atoms with van der Waals surface area (Å²) in [5.74, 6) is -0.389.